The monoisotopic (exact) mass is 470 g/mol. The summed E-state index contributed by atoms with van der Waals surface area (Å²) in [5.41, 5.74) is 4.56. The smallest absolute Gasteiger partial charge is 0.300 e. The number of hydrogen-bond donors (Lipinski definition) is 2. The third-order valence-electron chi connectivity index (χ3n) is 6.67. The second-order valence-electron chi connectivity index (χ2n) is 8.75. The molecule has 1 aliphatic rings. The Morgan fingerprint density at radius 1 is 0.914 bits per heavy atom. The zero-order valence-electron chi connectivity index (χ0n) is 20.4. The van der Waals surface area contributed by atoms with Crippen LogP contribution in [0.15, 0.2) is 72.3 Å². The van der Waals surface area contributed by atoms with E-state index in [0.29, 0.717) is 16.8 Å². The molecule has 0 saturated carbocycles. The highest BCUT2D eigenvalue weighted by Crippen LogP contribution is 2.43. The third kappa shape index (κ3) is 4.39. The van der Waals surface area contributed by atoms with Crippen LogP contribution >= 0.6 is 0 Å². The third-order valence-corrected chi connectivity index (χ3v) is 6.67. The van der Waals surface area contributed by atoms with Gasteiger partial charge in [0.1, 0.15) is 11.5 Å². The number of nitrogens with zero attached hydrogens (tertiary/aromatic N) is 2. The largest absolute Gasteiger partial charge is 0.508 e. The van der Waals surface area contributed by atoms with E-state index in [4.69, 9.17) is 0 Å². The lowest BCUT2D eigenvalue weighted by Crippen LogP contribution is -2.29. The number of rotatable bonds is 6. The Bertz CT molecular complexity index is 1310. The molecule has 3 aromatic carbocycles. The van der Waals surface area contributed by atoms with Crippen LogP contribution in [-0.2, 0) is 9.59 Å². The van der Waals surface area contributed by atoms with Crippen LogP contribution < -0.4 is 9.80 Å². The van der Waals surface area contributed by atoms with E-state index in [-0.39, 0.29) is 17.1 Å². The number of carbonyl (C=O) groups is 2. The van der Waals surface area contributed by atoms with Gasteiger partial charge in [-0.25, -0.2) is 0 Å². The molecular weight excluding hydrogens is 440 g/mol. The molecule has 1 atom stereocenters. The number of aromatic hydroxyl groups is 1. The molecule has 0 aromatic heterocycles. The Balaban J connectivity index is 1.89. The van der Waals surface area contributed by atoms with Gasteiger partial charge >= 0.3 is 0 Å². The summed E-state index contributed by atoms with van der Waals surface area (Å²) >= 11 is 0. The number of aliphatic hydroxyl groups excluding tert-OH is 1. The normalized spacial score (nSPS) is 17.1. The lowest BCUT2D eigenvalue weighted by Gasteiger charge is -2.27. The van der Waals surface area contributed by atoms with Crippen molar-refractivity contribution in [3.63, 3.8) is 0 Å². The first kappa shape index (κ1) is 24.1. The first-order valence-electron chi connectivity index (χ1n) is 11.8. The minimum Gasteiger partial charge on any atom is -0.508 e. The number of phenols is 1. The van der Waals surface area contributed by atoms with Crippen molar-refractivity contribution in [3.8, 4) is 5.75 Å². The summed E-state index contributed by atoms with van der Waals surface area (Å²) in [5.74, 6) is -1.71. The summed E-state index contributed by atoms with van der Waals surface area (Å²) in [6.45, 7) is 9.73. The quantitative estimate of drug-likeness (QED) is 0.283. The second-order valence-corrected chi connectivity index (χ2v) is 8.75. The van der Waals surface area contributed by atoms with Crippen LogP contribution in [0.1, 0.15) is 42.1 Å². The molecule has 1 fully saturated rings. The highest BCUT2D eigenvalue weighted by atomic mass is 16.3. The van der Waals surface area contributed by atoms with Gasteiger partial charge in [-0.2, -0.15) is 0 Å². The number of benzene rings is 3. The minimum absolute atomic E-state index is 0.00308. The molecule has 1 heterocycles. The van der Waals surface area contributed by atoms with E-state index >= 15 is 0 Å². The SMILES string of the molecule is CCN(CC)c1ccc(N2C(=O)C(=O)/C(=C(\O)c3ccc(C)c(C)c3)C2c2cccc(O)c2)cc1. The number of carbonyl (C=O) groups excluding carboxylic acids is 2. The van der Waals surface area contributed by atoms with E-state index < -0.39 is 17.7 Å². The van der Waals surface area contributed by atoms with Crippen molar-refractivity contribution in [2.45, 2.75) is 33.7 Å². The van der Waals surface area contributed by atoms with Gasteiger partial charge in [0.05, 0.1) is 11.6 Å². The molecule has 1 unspecified atom stereocenters. The van der Waals surface area contributed by atoms with Gasteiger partial charge in [-0.15, -0.1) is 0 Å². The number of anilines is 2. The van der Waals surface area contributed by atoms with Gasteiger partial charge in [0, 0.05) is 30.0 Å². The molecule has 6 nitrogen and oxygen atoms in total. The number of phenolic OH excluding ortho intramolecular Hbond substituents is 1. The van der Waals surface area contributed by atoms with E-state index in [2.05, 4.69) is 18.7 Å². The molecule has 0 bridgehead atoms. The van der Waals surface area contributed by atoms with Crippen LogP contribution in [0.3, 0.4) is 0 Å². The van der Waals surface area contributed by atoms with E-state index in [0.717, 1.165) is 29.9 Å². The van der Waals surface area contributed by atoms with Gasteiger partial charge < -0.3 is 15.1 Å². The first-order valence-corrected chi connectivity index (χ1v) is 11.8. The van der Waals surface area contributed by atoms with Gasteiger partial charge in [-0.3, -0.25) is 14.5 Å². The van der Waals surface area contributed by atoms with Gasteiger partial charge in [-0.1, -0.05) is 24.3 Å². The van der Waals surface area contributed by atoms with Crippen molar-refractivity contribution >= 4 is 28.8 Å². The minimum atomic E-state index is -0.886. The van der Waals surface area contributed by atoms with Gasteiger partial charge in [0.2, 0.25) is 0 Å². The van der Waals surface area contributed by atoms with Crippen LogP contribution in [0.2, 0.25) is 0 Å². The lowest BCUT2D eigenvalue weighted by molar-refractivity contribution is -0.132. The lowest BCUT2D eigenvalue weighted by atomic mass is 9.94. The highest BCUT2D eigenvalue weighted by molar-refractivity contribution is 6.51. The predicted molar refractivity (Wildman–Crippen MR) is 139 cm³/mol. The number of aryl methyl sites for hydroxylation is 2. The van der Waals surface area contributed by atoms with Crippen LogP contribution in [0.25, 0.3) is 5.76 Å². The zero-order valence-corrected chi connectivity index (χ0v) is 20.4. The molecule has 0 spiro atoms. The van der Waals surface area contributed by atoms with E-state index in [1.807, 2.05) is 44.2 Å². The van der Waals surface area contributed by atoms with E-state index in [9.17, 15) is 19.8 Å². The Morgan fingerprint density at radius 2 is 1.60 bits per heavy atom. The van der Waals surface area contributed by atoms with Gasteiger partial charge in [-0.05, 0) is 86.8 Å². The summed E-state index contributed by atoms with van der Waals surface area (Å²) in [4.78, 5) is 30.2. The van der Waals surface area contributed by atoms with Crippen molar-refractivity contribution in [2.75, 3.05) is 22.9 Å². The fourth-order valence-corrected chi connectivity index (χ4v) is 4.57. The average Bonchev–Trinajstić information content (AvgIpc) is 3.12. The van der Waals surface area contributed by atoms with Crippen molar-refractivity contribution in [1.82, 2.24) is 0 Å². The number of amides is 1. The Morgan fingerprint density at radius 3 is 2.20 bits per heavy atom. The van der Waals surface area contributed by atoms with Crippen molar-refractivity contribution in [3.05, 3.63) is 94.6 Å². The maximum absolute atomic E-state index is 13.3. The molecule has 4 rings (SSSR count). The zero-order chi connectivity index (χ0) is 25.3. The van der Waals surface area contributed by atoms with Crippen molar-refractivity contribution in [2.24, 2.45) is 0 Å². The van der Waals surface area contributed by atoms with Crippen LogP contribution in [0.5, 0.6) is 5.75 Å². The molecular formula is C29H30N2O4. The summed E-state index contributed by atoms with van der Waals surface area (Å²) in [6, 6.07) is 18.4. The number of ketones is 1. The van der Waals surface area contributed by atoms with Gasteiger partial charge in [0.25, 0.3) is 11.7 Å². The Labute approximate surface area is 205 Å². The fourth-order valence-electron chi connectivity index (χ4n) is 4.57. The molecule has 1 aliphatic heterocycles. The molecule has 35 heavy (non-hydrogen) atoms. The standard InChI is InChI=1S/C29H30N2O4/c1-5-30(6-2)22-12-14-23(15-13-22)31-26(20-8-7-9-24(32)17-20)25(28(34)29(31)35)27(33)21-11-10-18(3)19(4)16-21/h7-17,26,32-33H,5-6H2,1-4H3/b27-25-. The average molecular weight is 471 g/mol. The van der Waals surface area contributed by atoms with Crippen molar-refractivity contribution in [1.29, 1.82) is 0 Å². The number of Topliss-reactive ketones (excluding diaryl/α,β-unsaturated/α-hetero) is 1. The fraction of sp³-hybridized carbons (Fsp3) is 0.241. The number of aliphatic hydroxyl groups is 1. The molecule has 2 N–H and O–H groups in total. The first-order chi connectivity index (χ1) is 16.8. The van der Waals surface area contributed by atoms with Crippen molar-refractivity contribution < 1.29 is 19.8 Å². The summed E-state index contributed by atoms with van der Waals surface area (Å²) < 4.78 is 0. The van der Waals surface area contributed by atoms with Gasteiger partial charge in [0.15, 0.2) is 0 Å². The summed E-state index contributed by atoms with van der Waals surface area (Å²) in [5, 5.41) is 21.4. The molecule has 180 valence electrons. The molecule has 6 heteroatoms. The van der Waals surface area contributed by atoms with Crippen LogP contribution in [-0.4, -0.2) is 35.0 Å². The Kier molecular flexibility index (Phi) is 6.65. The van der Waals surface area contributed by atoms with Crippen LogP contribution in [0.4, 0.5) is 11.4 Å². The van der Waals surface area contributed by atoms with E-state index in [1.165, 1.54) is 17.0 Å². The number of hydrogen-bond acceptors (Lipinski definition) is 5. The molecule has 0 aliphatic carbocycles. The summed E-state index contributed by atoms with van der Waals surface area (Å²) in [6.07, 6.45) is 0. The van der Waals surface area contributed by atoms with Crippen LogP contribution in [0, 0.1) is 13.8 Å². The Hall–Kier alpha value is -4.06. The van der Waals surface area contributed by atoms with E-state index in [1.54, 1.807) is 24.3 Å². The molecule has 3 aromatic rings. The maximum Gasteiger partial charge on any atom is 0.300 e. The highest BCUT2D eigenvalue weighted by Gasteiger charge is 2.47. The predicted octanol–water partition coefficient (Wildman–Crippen LogP) is 5.48. The molecule has 1 amide bonds. The molecule has 1 saturated heterocycles. The summed E-state index contributed by atoms with van der Waals surface area (Å²) in [7, 11) is 0. The maximum atomic E-state index is 13.3. The molecule has 0 radical (unpaired) electrons. The second kappa shape index (κ2) is 9.66. The topological polar surface area (TPSA) is 81.1 Å².